The van der Waals surface area contributed by atoms with Gasteiger partial charge in [-0.05, 0) is 57.8 Å². The molecule has 2 unspecified atom stereocenters. The van der Waals surface area contributed by atoms with Crippen LogP contribution in [0.1, 0.15) is 194 Å². The van der Waals surface area contributed by atoms with Gasteiger partial charge in [-0.1, -0.05) is 141 Å². The van der Waals surface area contributed by atoms with Crippen LogP contribution in [0, 0.1) is 0 Å². The number of nitrogens with zero attached hydrogens (tertiary/aromatic N) is 1. The lowest BCUT2D eigenvalue weighted by molar-refractivity contribution is -0.889. The van der Waals surface area contributed by atoms with E-state index in [9.17, 15) is 19.5 Å². The molecule has 0 aliphatic heterocycles. The Kier molecular flexibility index (Phi) is 35.2. The number of ether oxygens (including phenoxy) is 3. The molecule has 0 saturated carbocycles. The molecule has 0 bridgehead atoms. The normalized spacial score (nSPS) is 13.2. The Balaban J connectivity index is 4.24. The predicted octanol–water partition coefficient (Wildman–Crippen LogP) is 10.4. The lowest BCUT2D eigenvalue weighted by Gasteiger charge is -2.34. The maximum Gasteiger partial charge on any atom is 0.306 e. The Morgan fingerprint density at radius 1 is 0.547 bits per heavy atom. The first kappa shape index (κ1) is 50.8. The minimum Gasteiger partial charge on any atom is -0.544 e. The fourth-order valence-electron chi connectivity index (χ4n) is 6.36. The standard InChI is InChI=1S/C45H83NO7/c1-6-8-10-12-14-16-17-18-19-20-21-22-23-24-25-26-28-29-31-33-35-43(47)52-40-41(39-51-38-37-42(45(49)50)46(3,4)5)53-44(48)36-34-32-30-27-15-13-11-9-7-2/h21-22,27,30,41-42H,6-20,23-26,28-29,31-40H2,1-5H3/b22-21+,30-27+. The van der Waals surface area contributed by atoms with E-state index in [0.29, 0.717) is 12.8 Å². The second-order valence-corrected chi connectivity index (χ2v) is 15.9. The lowest BCUT2D eigenvalue weighted by Crippen LogP contribution is -2.55. The number of carboxylic acid groups (broad SMARTS) is 1. The summed E-state index contributed by atoms with van der Waals surface area (Å²) in [5.74, 6) is -1.78. The van der Waals surface area contributed by atoms with Crippen molar-refractivity contribution in [1.82, 2.24) is 0 Å². The number of carbonyl (C=O) groups is 3. The fourth-order valence-corrected chi connectivity index (χ4v) is 6.36. The van der Waals surface area contributed by atoms with Gasteiger partial charge in [0.2, 0.25) is 0 Å². The van der Waals surface area contributed by atoms with Crippen molar-refractivity contribution >= 4 is 17.9 Å². The van der Waals surface area contributed by atoms with E-state index in [1.54, 1.807) is 21.1 Å². The van der Waals surface area contributed by atoms with E-state index in [-0.39, 0.29) is 49.1 Å². The largest absolute Gasteiger partial charge is 0.544 e. The molecule has 0 aliphatic carbocycles. The number of rotatable bonds is 39. The summed E-state index contributed by atoms with van der Waals surface area (Å²) in [4.78, 5) is 36.7. The molecule has 0 rings (SSSR count). The molecule has 8 heteroatoms. The number of carbonyl (C=O) groups excluding carboxylic acids is 3. The highest BCUT2D eigenvalue weighted by Crippen LogP contribution is 2.14. The zero-order valence-corrected chi connectivity index (χ0v) is 35.2. The van der Waals surface area contributed by atoms with Crippen LogP contribution in [-0.2, 0) is 28.6 Å². The summed E-state index contributed by atoms with van der Waals surface area (Å²) >= 11 is 0. The molecule has 8 nitrogen and oxygen atoms in total. The molecule has 0 spiro atoms. The van der Waals surface area contributed by atoms with E-state index in [1.165, 1.54) is 122 Å². The number of carboxylic acids is 1. The van der Waals surface area contributed by atoms with Crippen molar-refractivity contribution in [2.24, 2.45) is 0 Å². The first-order valence-electron chi connectivity index (χ1n) is 21.9. The molecule has 0 N–H and O–H groups in total. The third kappa shape index (κ3) is 35.3. The summed E-state index contributed by atoms with van der Waals surface area (Å²) in [6.07, 6.45) is 39.4. The maximum atomic E-state index is 12.6. The van der Waals surface area contributed by atoms with E-state index in [2.05, 4.69) is 38.2 Å². The predicted molar refractivity (Wildman–Crippen MR) is 217 cm³/mol. The van der Waals surface area contributed by atoms with E-state index >= 15 is 0 Å². The van der Waals surface area contributed by atoms with Gasteiger partial charge in [0.15, 0.2) is 6.10 Å². The van der Waals surface area contributed by atoms with Crippen molar-refractivity contribution < 1.29 is 38.2 Å². The van der Waals surface area contributed by atoms with Gasteiger partial charge in [-0.3, -0.25) is 9.59 Å². The Labute approximate surface area is 326 Å². The number of allylic oxidation sites excluding steroid dienone is 4. The second-order valence-electron chi connectivity index (χ2n) is 15.9. The van der Waals surface area contributed by atoms with Crippen LogP contribution in [0.15, 0.2) is 24.3 Å². The van der Waals surface area contributed by atoms with Gasteiger partial charge in [-0.25, -0.2) is 0 Å². The zero-order chi connectivity index (χ0) is 39.3. The van der Waals surface area contributed by atoms with Crippen molar-refractivity contribution in [2.75, 3.05) is 41.0 Å². The van der Waals surface area contributed by atoms with Gasteiger partial charge in [-0.2, -0.15) is 0 Å². The summed E-state index contributed by atoms with van der Waals surface area (Å²) in [6, 6.07) is -0.727. The Bertz CT molecular complexity index is 926. The summed E-state index contributed by atoms with van der Waals surface area (Å²) in [5, 5.41) is 11.6. The molecule has 0 aliphatic rings. The second kappa shape index (κ2) is 36.8. The number of hydrogen-bond donors (Lipinski definition) is 0. The zero-order valence-electron chi connectivity index (χ0n) is 35.2. The number of quaternary nitrogens is 1. The summed E-state index contributed by atoms with van der Waals surface area (Å²) in [5.41, 5.74) is 0. The number of unbranched alkanes of at least 4 members (excludes halogenated alkanes) is 21. The van der Waals surface area contributed by atoms with Gasteiger partial charge in [0, 0.05) is 19.3 Å². The van der Waals surface area contributed by atoms with Gasteiger partial charge < -0.3 is 28.6 Å². The molecule has 310 valence electrons. The molecule has 0 amide bonds. The first-order chi connectivity index (χ1) is 25.6. The van der Waals surface area contributed by atoms with Crippen LogP contribution in [0.4, 0.5) is 0 Å². The highest BCUT2D eigenvalue weighted by atomic mass is 16.6. The minimum atomic E-state index is -1.13. The van der Waals surface area contributed by atoms with Crippen molar-refractivity contribution in [3.63, 3.8) is 0 Å². The highest BCUT2D eigenvalue weighted by Gasteiger charge is 2.25. The Morgan fingerprint density at radius 2 is 0.962 bits per heavy atom. The first-order valence-corrected chi connectivity index (χ1v) is 21.9. The molecule has 0 radical (unpaired) electrons. The number of aliphatic carboxylic acids is 1. The van der Waals surface area contributed by atoms with Crippen molar-refractivity contribution in [2.45, 2.75) is 206 Å². The van der Waals surface area contributed by atoms with Gasteiger partial charge in [0.25, 0.3) is 0 Å². The van der Waals surface area contributed by atoms with Crippen LogP contribution in [0.25, 0.3) is 0 Å². The van der Waals surface area contributed by atoms with Gasteiger partial charge >= 0.3 is 11.9 Å². The van der Waals surface area contributed by atoms with Crippen LogP contribution in [0.5, 0.6) is 0 Å². The smallest absolute Gasteiger partial charge is 0.306 e. The molecular formula is C45H83NO7. The van der Waals surface area contributed by atoms with E-state index in [4.69, 9.17) is 14.2 Å². The molecule has 0 heterocycles. The number of hydrogen-bond acceptors (Lipinski definition) is 7. The summed E-state index contributed by atoms with van der Waals surface area (Å²) < 4.78 is 17.1. The van der Waals surface area contributed by atoms with E-state index in [1.807, 2.05) is 0 Å². The summed E-state index contributed by atoms with van der Waals surface area (Å²) in [6.45, 7) is 4.60. The minimum absolute atomic E-state index is 0.0304. The Morgan fingerprint density at radius 3 is 1.43 bits per heavy atom. The van der Waals surface area contributed by atoms with Crippen LogP contribution in [-0.4, -0.2) is 75.5 Å². The monoisotopic (exact) mass is 750 g/mol. The van der Waals surface area contributed by atoms with Crippen LogP contribution < -0.4 is 5.11 Å². The third-order valence-corrected chi connectivity index (χ3v) is 9.81. The van der Waals surface area contributed by atoms with Crippen LogP contribution in [0.2, 0.25) is 0 Å². The SMILES string of the molecule is CCCCCC/C=C/CCCC(=O)OC(COCCC(C(=O)[O-])[N+](C)(C)C)COC(=O)CCCCCCCCC/C=C/CCCCCCCCCCC. The van der Waals surface area contributed by atoms with Crippen LogP contribution in [0.3, 0.4) is 0 Å². The van der Waals surface area contributed by atoms with Crippen LogP contribution >= 0.6 is 0 Å². The molecule has 0 fully saturated rings. The molecule has 0 aromatic heterocycles. The highest BCUT2D eigenvalue weighted by molar-refractivity contribution is 5.70. The average molecular weight is 750 g/mol. The van der Waals surface area contributed by atoms with E-state index < -0.39 is 18.1 Å². The maximum absolute atomic E-state index is 12.6. The van der Waals surface area contributed by atoms with Gasteiger partial charge in [-0.15, -0.1) is 0 Å². The van der Waals surface area contributed by atoms with Gasteiger partial charge in [0.1, 0.15) is 12.6 Å². The quantitative estimate of drug-likeness (QED) is 0.0267. The van der Waals surface area contributed by atoms with Gasteiger partial charge in [0.05, 0.1) is 40.3 Å². The number of esters is 2. The van der Waals surface area contributed by atoms with E-state index in [0.717, 1.165) is 32.1 Å². The molecule has 53 heavy (non-hydrogen) atoms. The third-order valence-electron chi connectivity index (χ3n) is 9.81. The van der Waals surface area contributed by atoms with Crippen molar-refractivity contribution in [3.8, 4) is 0 Å². The topological polar surface area (TPSA) is 102 Å². The van der Waals surface area contributed by atoms with Crippen molar-refractivity contribution in [3.05, 3.63) is 24.3 Å². The Hall–Kier alpha value is -2.19. The fraction of sp³-hybridized carbons (Fsp3) is 0.844. The molecule has 2 atom stereocenters. The molecular weight excluding hydrogens is 666 g/mol. The molecule has 0 saturated heterocycles. The van der Waals surface area contributed by atoms with Crippen molar-refractivity contribution in [1.29, 1.82) is 0 Å². The summed E-state index contributed by atoms with van der Waals surface area (Å²) in [7, 11) is 5.39. The number of likely N-dealkylation sites (N-methyl/N-ethyl adjacent to an activating group) is 1. The molecule has 0 aromatic rings. The molecule has 0 aromatic carbocycles. The average Bonchev–Trinajstić information content (AvgIpc) is 3.11. The lowest BCUT2D eigenvalue weighted by atomic mass is 10.1.